The molecule has 5 heteroatoms. The smallest absolute Gasteiger partial charge is 0.317 e. The van der Waals surface area contributed by atoms with Gasteiger partial charge >= 0.3 is 5.97 Å². The summed E-state index contributed by atoms with van der Waals surface area (Å²) in [5.41, 5.74) is 0.859. The first-order valence-electron chi connectivity index (χ1n) is 5.22. The van der Waals surface area contributed by atoms with Crippen LogP contribution in [0.5, 0.6) is 0 Å². The van der Waals surface area contributed by atoms with E-state index in [2.05, 4.69) is 4.98 Å². The molecule has 1 aliphatic heterocycles. The maximum Gasteiger partial charge on any atom is 0.317 e. The molecule has 1 aromatic heterocycles. The molecular weight excluding hydrogens is 208 g/mol. The molecule has 16 heavy (non-hydrogen) atoms. The van der Waals surface area contributed by atoms with Crippen LogP contribution in [-0.4, -0.2) is 47.2 Å². The van der Waals surface area contributed by atoms with Crippen LogP contribution in [0.15, 0.2) is 24.4 Å². The molecule has 5 nitrogen and oxygen atoms in total. The summed E-state index contributed by atoms with van der Waals surface area (Å²) in [5.74, 6) is -0.804. The maximum absolute atomic E-state index is 10.6. The van der Waals surface area contributed by atoms with Crippen molar-refractivity contribution in [3.63, 3.8) is 0 Å². The Labute approximate surface area is 93.7 Å². The highest BCUT2D eigenvalue weighted by Crippen LogP contribution is 2.19. The second kappa shape index (κ2) is 5.05. The number of hydrogen-bond acceptors (Lipinski definition) is 4. The number of aromatic nitrogens is 1. The Morgan fingerprint density at radius 3 is 3.19 bits per heavy atom. The number of hydrogen-bond donors (Lipinski definition) is 1. The van der Waals surface area contributed by atoms with Crippen molar-refractivity contribution in [2.45, 2.75) is 6.10 Å². The van der Waals surface area contributed by atoms with Gasteiger partial charge < -0.3 is 9.84 Å². The van der Waals surface area contributed by atoms with Gasteiger partial charge in [-0.05, 0) is 12.1 Å². The van der Waals surface area contributed by atoms with Crippen LogP contribution >= 0.6 is 0 Å². The van der Waals surface area contributed by atoms with Gasteiger partial charge in [0.1, 0.15) is 6.10 Å². The SMILES string of the molecule is O=C(O)CN1CCOC(c2ccccn2)C1. The maximum atomic E-state index is 10.6. The Kier molecular flexibility index (Phi) is 3.48. The van der Waals surface area contributed by atoms with Gasteiger partial charge in [0.2, 0.25) is 0 Å². The van der Waals surface area contributed by atoms with Crippen molar-refractivity contribution in [3.8, 4) is 0 Å². The Bertz CT molecular complexity index is 356. The van der Waals surface area contributed by atoms with E-state index in [1.807, 2.05) is 23.1 Å². The molecule has 1 unspecified atom stereocenters. The van der Waals surface area contributed by atoms with Crippen molar-refractivity contribution in [2.24, 2.45) is 0 Å². The van der Waals surface area contributed by atoms with Gasteiger partial charge in [-0.2, -0.15) is 0 Å². The number of morpholine rings is 1. The largest absolute Gasteiger partial charge is 0.480 e. The summed E-state index contributed by atoms with van der Waals surface area (Å²) >= 11 is 0. The monoisotopic (exact) mass is 222 g/mol. The first kappa shape index (κ1) is 11.0. The van der Waals surface area contributed by atoms with Gasteiger partial charge in [-0.1, -0.05) is 6.07 Å². The minimum Gasteiger partial charge on any atom is -0.480 e. The second-order valence-corrected chi connectivity index (χ2v) is 3.74. The third-order valence-corrected chi connectivity index (χ3v) is 2.53. The summed E-state index contributed by atoms with van der Waals surface area (Å²) < 4.78 is 5.58. The van der Waals surface area contributed by atoms with Gasteiger partial charge in [0.15, 0.2) is 0 Å². The predicted molar refractivity (Wildman–Crippen MR) is 57.0 cm³/mol. The van der Waals surface area contributed by atoms with Crippen LogP contribution in [0.25, 0.3) is 0 Å². The van der Waals surface area contributed by atoms with Crippen molar-refractivity contribution < 1.29 is 14.6 Å². The van der Waals surface area contributed by atoms with E-state index >= 15 is 0 Å². The van der Waals surface area contributed by atoms with Crippen LogP contribution in [0, 0.1) is 0 Å². The minimum absolute atomic E-state index is 0.0622. The molecule has 86 valence electrons. The van der Waals surface area contributed by atoms with Crippen LogP contribution in [0.3, 0.4) is 0 Å². The summed E-state index contributed by atoms with van der Waals surface area (Å²) in [6.45, 7) is 1.86. The number of pyridine rings is 1. The summed E-state index contributed by atoms with van der Waals surface area (Å²) in [7, 11) is 0. The fraction of sp³-hybridized carbons (Fsp3) is 0.455. The van der Waals surface area contributed by atoms with E-state index in [1.54, 1.807) is 6.20 Å². The molecule has 0 amide bonds. The molecule has 1 aliphatic rings. The summed E-state index contributed by atoms with van der Waals surface area (Å²) in [4.78, 5) is 16.7. The van der Waals surface area contributed by atoms with Crippen molar-refractivity contribution in [1.29, 1.82) is 0 Å². The quantitative estimate of drug-likeness (QED) is 0.808. The topological polar surface area (TPSA) is 62.7 Å². The minimum atomic E-state index is -0.804. The molecule has 0 aromatic carbocycles. The molecule has 0 bridgehead atoms. The third kappa shape index (κ3) is 2.77. The molecule has 0 radical (unpaired) electrons. The Morgan fingerprint density at radius 1 is 1.62 bits per heavy atom. The van der Waals surface area contributed by atoms with Crippen LogP contribution in [0.1, 0.15) is 11.8 Å². The van der Waals surface area contributed by atoms with Gasteiger partial charge in [-0.15, -0.1) is 0 Å². The second-order valence-electron chi connectivity index (χ2n) is 3.74. The van der Waals surface area contributed by atoms with E-state index < -0.39 is 5.97 Å². The van der Waals surface area contributed by atoms with Crippen molar-refractivity contribution in [3.05, 3.63) is 30.1 Å². The highest BCUT2D eigenvalue weighted by Gasteiger charge is 2.23. The highest BCUT2D eigenvalue weighted by molar-refractivity contribution is 5.69. The van der Waals surface area contributed by atoms with Crippen molar-refractivity contribution >= 4 is 5.97 Å². The lowest BCUT2D eigenvalue weighted by Crippen LogP contribution is -2.41. The number of nitrogens with zero attached hydrogens (tertiary/aromatic N) is 2. The summed E-state index contributed by atoms with van der Waals surface area (Å²) in [6.07, 6.45) is 1.60. The first-order chi connectivity index (χ1) is 7.75. The molecule has 1 saturated heterocycles. The zero-order valence-electron chi connectivity index (χ0n) is 8.87. The number of aliphatic carboxylic acids is 1. The predicted octanol–water partition coefficient (Wildman–Crippen LogP) is 0.539. The number of ether oxygens (including phenoxy) is 1. The normalized spacial score (nSPS) is 21.9. The zero-order chi connectivity index (χ0) is 11.4. The van der Waals surface area contributed by atoms with E-state index in [9.17, 15) is 4.79 Å². The first-order valence-corrected chi connectivity index (χ1v) is 5.22. The van der Waals surface area contributed by atoms with E-state index in [1.165, 1.54) is 0 Å². The molecule has 2 heterocycles. The Morgan fingerprint density at radius 2 is 2.50 bits per heavy atom. The van der Waals surface area contributed by atoms with Gasteiger partial charge in [0.05, 0.1) is 18.8 Å². The molecule has 0 spiro atoms. The standard InChI is InChI=1S/C11H14N2O3/c14-11(15)8-13-5-6-16-10(7-13)9-3-1-2-4-12-9/h1-4,10H,5-8H2,(H,14,15). The summed E-state index contributed by atoms with van der Waals surface area (Å²) in [5, 5.41) is 8.72. The third-order valence-electron chi connectivity index (χ3n) is 2.53. The Hall–Kier alpha value is -1.46. The lowest BCUT2D eigenvalue weighted by Gasteiger charge is -2.31. The van der Waals surface area contributed by atoms with Crippen LogP contribution in [0.4, 0.5) is 0 Å². The fourth-order valence-corrected chi connectivity index (χ4v) is 1.78. The molecule has 2 rings (SSSR count). The van der Waals surface area contributed by atoms with Crippen LogP contribution in [0.2, 0.25) is 0 Å². The number of carbonyl (C=O) groups is 1. The number of carboxylic acid groups (broad SMARTS) is 1. The molecule has 0 aliphatic carbocycles. The molecule has 1 aromatic rings. The number of rotatable bonds is 3. The molecule has 0 saturated carbocycles. The molecular formula is C11H14N2O3. The van der Waals surface area contributed by atoms with Crippen molar-refractivity contribution in [1.82, 2.24) is 9.88 Å². The highest BCUT2D eigenvalue weighted by atomic mass is 16.5. The van der Waals surface area contributed by atoms with Crippen LogP contribution in [-0.2, 0) is 9.53 Å². The molecule has 1 N–H and O–H groups in total. The van der Waals surface area contributed by atoms with E-state index in [0.717, 1.165) is 5.69 Å². The molecule has 1 fully saturated rings. The van der Waals surface area contributed by atoms with Gasteiger partial charge in [0, 0.05) is 19.3 Å². The van der Waals surface area contributed by atoms with E-state index in [-0.39, 0.29) is 12.6 Å². The average Bonchev–Trinajstić information content (AvgIpc) is 2.30. The van der Waals surface area contributed by atoms with Crippen LogP contribution < -0.4 is 0 Å². The summed E-state index contributed by atoms with van der Waals surface area (Å²) in [6, 6.07) is 5.65. The lowest BCUT2D eigenvalue weighted by molar-refractivity contribution is -0.140. The Balaban J connectivity index is 1.99. The van der Waals surface area contributed by atoms with Gasteiger partial charge in [-0.3, -0.25) is 14.7 Å². The fourth-order valence-electron chi connectivity index (χ4n) is 1.78. The van der Waals surface area contributed by atoms with E-state index in [0.29, 0.717) is 19.7 Å². The lowest BCUT2D eigenvalue weighted by atomic mass is 10.2. The van der Waals surface area contributed by atoms with E-state index in [4.69, 9.17) is 9.84 Å². The van der Waals surface area contributed by atoms with Gasteiger partial charge in [0.25, 0.3) is 0 Å². The number of carboxylic acids is 1. The molecule has 1 atom stereocenters. The van der Waals surface area contributed by atoms with Crippen molar-refractivity contribution in [2.75, 3.05) is 26.2 Å². The van der Waals surface area contributed by atoms with Gasteiger partial charge in [-0.25, -0.2) is 0 Å². The average molecular weight is 222 g/mol. The zero-order valence-corrected chi connectivity index (χ0v) is 8.87.